The summed E-state index contributed by atoms with van der Waals surface area (Å²) < 4.78 is 15.2. The average Bonchev–Trinajstić information content (AvgIpc) is 2.61. The first kappa shape index (κ1) is 16.7. The maximum Gasteiger partial charge on any atom is 0.510 e. The Balaban J connectivity index is 2.43. The summed E-state index contributed by atoms with van der Waals surface area (Å²) in [5, 5.41) is 0. The van der Waals surface area contributed by atoms with Gasteiger partial charge in [0.1, 0.15) is 0 Å². The third-order valence-corrected chi connectivity index (χ3v) is 3.35. The number of carbonyl (C=O) groups excluding carboxylic acids is 2. The number of benzene rings is 2. The third-order valence-electron chi connectivity index (χ3n) is 3.35. The summed E-state index contributed by atoms with van der Waals surface area (Å²) in [7, 11) is 1.20. The molecule has 0 saturated carbocycles. The van der Waals surface area contributed by atoms with Gasteiger partial charge in [-0.05, 0) is 18.1 Å². The van der Waals surface area contributed by atoms with Crippen LogP contribution in [0.3, 0.4) is 0 Å². The van der Waals surface area contributed by atoms with E-state index in [9.17, 15) is 9.59 Å². The molecule has 0 radical (unpaired) electrons. The Morgan fingerprint density at radius 3 is 1.87 bits per heavy atom. The molecule has 2 aromatic carbocycles. The first-order valence-electron chi connectivity index (χ1n) is 7.12. The van der Waals surface area contributed by atoms with Gasteiger partial charge in [0.05, 0.1) is 7.11 Å². The maximum absolute atomic E-state index is 12.0. The fourth-order valence-electron chi connectivity index (χ4n) is 2.31. The number of carbonyl (C=O) groups is 2. The minimum absolute atomic E-state index is 0.640. The van der Waals surface area contributed by atoms with E-state index >= 15 is 0 Å². The molecular weight excluding hydrogens is 296 g/mol. The van der Waals surface area contributed by atoms with Crippen molar-refractivity contribution in [1.82, 2.24) is 0 Å². The molecule has 2 aromatic rings. The molecule has 0 N–H and O–H groups in total. The highest BCUT2D eigenvalue weighted by molar-refractivity contribution is 5.72. The number of hydrogen-bond acceptors (Lipinski definition) is 5. The van der Waals surface area contributed by atoms with E-state index in [1.807, 2.05) is 36.4 Å². The summed E-state index contributed by atoms with van der Waals surface area (Å²) in [5.74, 6) is 0. The van der Waals surface area contributed by atoms with Gasteiger partial charge in [0.25, 0.3) is 0 Å². The Bertz CT molecular complexity index is 599. The van der Waals surface area contributed by atoms with Crippen LogP contribution in [0.15, 0.2) is 60.7 Å². The van der Waals surface area contributed by atoms with Gasteiger partial charge in [-0.25, -0.2) is 4.79 Å². The van der Waals surface area contributed by atoms with Crippen molar-refractivity contribution in [3.8, 4) is 0 Å². The van der Waals surface area contributed by atoms with E-state index in [1.165, 1.54) is 14.0 Å². The second-order valence-corrected chi connectivity index (χ2v) is 4.84. The summed E-state index contributed by atoms with van der Waals surface area (Å²) in [4.78, 5) is 23.3. The number of ether oxygens (including phenoxy) is 3. The fourth-order valence-corrected chi connectivity index (χ4v) is 2.31. The van der Waals surface area contributed by atoms with Crippen molar-refractivity contribution in [2.24, 2.45) is 0 Å². The summed E-state index contributed by atoms with van der Waals surface area (Å²) in [6.07, 6.45) is -1.15. The molecule has 5 heteroatoms. The molecule has 23 heavy (non-hydrogen) atoms. The summed E-state index contributed by atoms with van der Waals surface area (Å²) in [5.41, 5.74) is -0.0984. The van der Waals surface area contributed by atoms with Crippen LogP contribution in [0, 0.1) is 0 Å². The summed E-state index contributed by atoms with van der Waals surface area (Å²) >= 11 is 0. The molecule has 2 rings (SSSR count). The molecule has 0 bridgehead atoms. The van der Waals surface area contributed by atoms with E-state index in [4.69, 9.17) is 9.47 Å². The maximum atomic E-state index is 12.0. The standard InChI is InChI=1S/C18H18O5/c1-14(22-17(20)21-2)23-18(13-19,15-9-5-3-6-10-15)16-11-7-4-8-12-16/h3-14H,1-2H3. The quantitative estimate of drug-likeness (QED) is 0.465. The first-order valence-corrected chi connectivity index (χ1v) is 7.12. The van der Waals surface area contributed by atoms with E-state index in [0.717, 1.165) is 0 Å². The minimum atomic E-state index is -1.38. The lowest BCUT2D eigenvalue weighted by molar-refractivity contribution is -0.175. The fraction of sp³-hybridized carbons (Fsp3) is 0.222. The lowest BCUT2D eigenvalue weighted by Crippen LogP contribution is -2.38. The molecule has 120 valence electrons. The Morgan fingerprint density at radius 2 is 1.48 bits per heavy atom. The SMILES string of the molecule is COC(=O)OC(C)OC(C=O)(c1ccccc1)c1ccccc1. The van der Waals surface area contributed by atoms with Gasteiger partial charge in [-0.2, -0.15) is 0 Å². The van der Waals surface area contributed by atoms with Crippen LogP contribution in [-0.4, -0.2) is 25.8 Å². The molecule has 1 atom stereocenters. The minimum Gasteiger partial charge on any atom is -0.438 e. The van der Waals surface area contributed by atoms with Crippen LogP contribution in [-0.2, 0) is 24.6 Å². The van der Waals surface area contributed by atoms with Crippen molar-refractivity contribution >= 4 is 12.4 Å². The molecular formula is C18H18O5. The third kappa shape index (κ3) is 3.76. The van der Waals surface area contributed by atoms with Crippen LogP contribution in [0.1, 0.15) is 18.1 Å². The Kier molecular flexibility index (Phi) is 5.49. The first-order chi connectivity index (χ1) is 11.1. The highest BCUT2D eigenvalue weighted by Gasteiger charge is 2.38. The van der Waals surface area contributed by atoms with E-state index in [2.05, 4.69) is 4.74 Å². The molecule has 0 amide bonds. The second-order valence-electron chi connectivity index (χ2n) is 4.84. The number of hydrogen-bond donors (Lipinski definition) is 0. The molecule has 1 unspecified atom stereocenters. The average molecular weight is 314 g/mol. The zero-order valence-electron chi connectivity index (χ0n) is 13.0. The number of aldehydes is 1. The van der Waals surface area contributed by atoms with Crippen LogP contribution < -0.4 is 0 Å². The van der Waals surface area contributed by atoms with Gasteiger partial charge in [0.2, 0.25) is 6.29 Å². The molecule has 0 heterocycles. The van der Waals surface area contributed by atoms with Crippen molar-refractivity contribution in [3.63, 3.8) is 0 Å². The Morgan fingerprint density at radius 1 is 1.00 bits per heavy atom. The van der Waals surface area contributed by atoms with E-state index in [-0.39, 0.29) is 0 Å². The molecule has 0 aliphatic carbocycles. The topological polar surface area (TPSA) is 61.8 Å². The highest BCUT2D eigenvalue weighted by atomic mass is 16.8. The molecule has 0 aromatic heterocycles. The van der Waals surface area contributed by atoms with Gasteiger partial charge in [-0.1, -0.05) is 60.7 Å². The van der Waals surface area contributed by atoms with Crippen LogP contribution >= 0.6 is 0 Å². The van der Waals surface area contributed by atoms with Gasteiger partial charge in [-0.15, -0.1) is 0 Å². The van der Waals surface area contributed by atoms with Crippen molar-refractivity contribution in [2.45, 2.75) is 18.8 Å². The predicted molar refractivity (Wildman–Crippen MR) is 83.8 cm³/mol. The van der Waals surface area contributed by atoms with Crippen LogP contribution in [0.5, 0.6) is 0 Å². The van der Waals surface area contributed by atoms with Crippen LogP contribution in [0.4, 0.5) is 4.79 Å². The van der Waals surface area contributed by atoms with E-state index < -0.39 is 18.0 Å². The Hall–Kier alpha value is -2.66. The monoisotopic (exact) mass is 314 g/mol. The highest BCUT2D eigenvalue weighted by Crippen LogP contribution is 2.33. The lowest BCUT2D eigenvalue weighted by Gasteiger charge is -2.31. The van der Waals surface area contributed by atoms with E-state index in [0.29, 0.717) is 17.4 Å². The van der Waals surface area contributed by atoms with Crippen molar-refractivity contribution in [1.29, 1.82) is 0 Å². The largest absolute Gasteiger partial charge is 0.510 e. The molecule has 5 nitrogen and oxygen atoms in total. The van der Waals surface area contributed by atoms with Gasteiger partial charge in [0.15, 0.2) is 11.9 Å². The zero-order valence-corrected chi connectivity index (χ0v) is 13.0. The van der Waals surface area contributed by atoms with E-state index in [1.54, 1.807) is 24.3 Å². The van der Waals surface area contributed by atoms with Gasteiger partial charge in [0, 0.05) is 0 Å². The number of rotatable bonds is 6. The lowest BCUT2D eigenvalue weighted by atomic mass is 9.87. The van der Waals surface area contributed by atoms with Crippen LogP contribution in [0.25, 0.3) is 0 Å². The van der Waals surface area contributed by atoms with Gasteiger partial charge < -0.3 is 14.2 Å². The second kappa shape index (κ2) is 7.56. The molecule has 0 saturated heterocycles. The normalized spacial score (nSPS) is 12.3. The molecule has 0 spiro atoms. The summed E-state index contributed by atoms with van der Waals surface area (Å²) in [6.45, 7) is 1.53. The molecule has 0 aliphatic rings. The van der Waals surface area contributed by atoms with Crippen molar-refractivity contribution in [2.75, 3.05) is 7.11 Å². The van der Waals surface area contributed by atoms with Crippen molar-refractivity contribution < 1.29 is 23.8 Å². The van der Waals surface area contributed by atoms with Crippen LogP contribution in [0.2, 0.25) is 0 Å². The van der Waals surface area contributed by atoms with Crippen molar-refractivity contribution in [3.05, 3.63) is 71.8 Å². The zero-order chi connectivity index (χ0) is 16.7. The Labute approximate surface area is 134 Å². The summed E-state index contributed by atoms with van der Waals surface area (Å²) in [6, 6.07) is 18.1. The molecule has 0 fully saturated rings. The number of methoxy groups -OCH3 is 1. The van der Waals surface area contributed by atoms with Gasteiger partial charge in [-0.3, -0.25) is 4.79 Å². The molecule has 0 aliphatic heterocycles. The van der Waals surface area contributed by atoms with Gasteiger partial charge >= 0.3 is 6.16 Å². The predicted octanol–water partition coefficient (Wildman–Crippen LogP) is 3.27. The smallest absolute Gasteiger partial charge is 0.438 e.